The molecular weight excluding hydrogens is 332 g/mol. The molecule has 8 heteroatoms. The fourth-order valence-corrected chi connectivity index (χ4v) is 3.95. The van der Waals surface area contributed by atoms with Crippen LogP contribution in [0.3, 0.4) is 0 Å². The highest BCUT2D eigenvalue weighted by Crippen LogP contribution is 2.25. The normalized spacial score (nSPS) is 13.3. The maximum atomic E-state index is 13.6. The summed E-state index contributed by atoms with van der Waals surface area (Å²) in [5, 5.41) is 0. The van der Waals surface area contributed by atoms with Crippen LogP contribution in [0.2, 0.25) is 0 Å². The summed E-state index contributed by atoms with van der Waals surface area (Å²) in [6, 6.07) is 6.02. The van der Waals surface area contributed by atoms with Crippen molar-refractivity contribution in [1.29, 1.82) is 0 Å². The predicted octanol–water partition coefficient (Wildman–Crippen LogP) is 3.00. The van der Waals surface area contributed by atoms with Gasteiger partial charge < -0.3 is 4.74 Å². The van der Waals surface area contributed by atoms with Crippen LogP contribution in [-0.2, 0) is 14.8 Å². The zero-order chi connectivity index (χ0) is 16.3. The minimum atomic E-state index is -4.16. The second-order valence-corrected chi connectivity index (χ2v) is 7.65. The van der Waals surface area contributed by atoms with Gasteiger partial charge in [-0.25, -0.2) is 21.9 Å². The maximum absolute atomic E-state index is 13.6. The molecule has 1 aromatic carbocycles. The fourth-order valence-electron chi connectivity index (χ4n) is 1.87. The second kappa shape index (κ2) is 6.82. The highest BCUT2D eigenvalue weighted by atomic mass is 32.2. The molecule has 1 aromatic heterocycles. The van der Waals surface area contributed by atoms with E-state index in [1.165, 1.54) is 18.4 Å². The number of rotatable bonds is 6. The van der Waals surface area contributed by atoms with Crippen molar-refractivity contribution in [2.24, 2.45) is 0 Å². The molecule has 1 unspecified atom stereocenters. The van der Waals surface area contributed by atoms with Crippen molar-refractivity contribution in [1.82, 2.24) is 4.72 Å². The van der Waals surface area contributed by atoms with Crippen LogP contribution in [0.1, 0.15) is 15.9 Å². The van der Waals surface area contributed by atoms with Crippen molar-refractivity contribution in [2.45, 2.75) is 17.9 Å². The lowest BCUT2D eigenvalue weighted by Gasteiger charge is -2.15. The summed E-state index contributed by atoms with van der Waals surface area (Å²) in [7, 11) is -2.71. The third-order valence-corrected chi connectivity index (χ3v) is 5.54. The van der Waals surface area contributed by atoms with Crippen molar-refractivity contribution < 1.29 is 21.9 Å². The van der Waals surface area contributed by atoms with Gasteiger partial charge in [-0.3, -0.25) is 0 Å². The number of thiophene rings is 1. The molecule has 0 bridgehead atoms. The standard InChI is InChI=1S/C14H15F2NO3S2/c1-9-3-6-13(21-9)12(20-2)8-17-22(18,19)14-7-10(15)4-5-11(14)16/h3-7,12,17H,8H2,1-2H3. The summed E-state index contributed by atoms with van der Waals surface area (Å²) >= 11 is 1.48. The summed E-state index contributed by atoms with van der Waals surface area (Å²) in [6.45, 7) is 1.85. The monoisotopic (exact) mass is 347 g/mol. The molecule has 120 valence electrons. The van der Waals surface area contributed by atoms with E-state index in [2.05, 4.69) is 4.72 Å². The number of hydrogen-bond acceptors (Lipinski definition) is 4. The third kappa shape index (κ3) is 3.89. The van der Waals surface area contributed by atoms with Gasteiger partial charge in [-0.15, -0.1) is 11.3 Å². The lowest BCUT2D eigenvalue weighted by atomic mass is 10.3. The van der Waals surface area contributed by atoms with Gasteiger partial charge in [-0.05, 0) is 37.3 Å². The van der Waals surface area contributed by atoms with Gasteiger partial charge in [0, 0.05) is 23.4 Å². The number of sulfonamides is 1. The first kappa shape index (κ1) is 17.0. The van der Waals surface area contributed by atoms with Crippen LogP contribution in [0.15, 0.2) is 35.2 Å². The fraction of sp³-hybridized carbons (Fsp3) is 0.286. The Hall–Kier alpha value is -1.35. The lowest BCUT2D eigenvalue weighted by molar-refractivity contribution is 0.110. The first-order valence-electron chi connectivity index (χ1n) is 6.37. The highest BCUT2D eigenvalue weighted by Gasteiger charge is 2.22. The van der Waals surface area contributed by atoms with Crippen LogP contribution in [0.4, 0.5) is 8.78 Å². The Morgan fingerprint density at radius 1 is 1.27 bits per heavy atom. The van der Waals surface area contributed by atoms with Crippen LogP contribution in [-0.4, -0.2) is 22.1 Å². The van der Waals surface area contributed by atoms with Gasteiger partial charge in [-0.1, -0.05) is 0 Å². The molecule has 22 heavy (non-hydrogen) atoms. The van der Waals surface area contributed by atoms with Crippen LogP contribution in [0.25, 0.3) is 0 Å². The van der Waals surface area contributed by atoms with Crippen LogP contribution < -0.4 is 4.72 Å². The zero-order valence-corrected chi connectivity index (χ0v) is 13.6. The molecule has 0 saturated carbocycles. The van der Waals surface area contributed by atoms with E-state index in [1.54, 1.807) is 0 Å². The summed E-state index contributed by atoms with van der Waals surface area (Å²) < 4.78 is 58.4. The van der Waals surface area contributed by atoms with Crippen molar-refractivity contribution in [3.8, 4) is 0 Å². The Morgan fingerprint density at radius 2 is 2.00 bits per heavy atom. The number of ether oxygens (including phenoxy) is 1. The first-order valence-corrected chi connectivity index (χ1v) is 8.67. The average molecular weight is 347 g/mol. The smallest absolute Gasteiger partial charge is 0.243 e. The maximum Gasteiger partial charge on any atom is 0.243 e. The first-order chi connectivity index (χ1) is 10.3. The molecule has 1 atom stereocenters. The minimum Gasteiger partial charge on any atom is -0.375 e. The van der Waals surface area contributed by atoms with E-state index in [0.717, 1.165) is 21.9 Å². The predicted molar refractivity (Wildman–Crippen MR) is 80.4 cm³/mol. The summed E-state index contributed by atoms with van der Waals surface area (Å²) in [4.78, 5) is 1.20. The van der Waals surface area contributed by atoms with E-state index in [4.69, 9.17) is 4.74 Å². The van der Waals surface area contributed by atoms with Gasteiger partial charge in [0.25, 0.3) is 0 Å². The van der Waals surface area contributed by atoms with Crippen LogP contribution in [0, 0.1) is 18.6 Å². The molecule has 0 aliphatic carbocycles. The molecule has 0 spiro atoms. The molecular formula is C14H15F2NO3S2. The number of hydrogen-bond donors (Lipinski definition) is 1. The van der Waals surface area contributed by atoms with E-state index in [9.17, 15) is 17.2 Å². The average Bonchev–Trinajstić information content (AvgIpc) is 2.88. The molecule has 4 nitrogen and oxygen atoms in total. The van der Waals surface area contributed by atoms with Crippen LogP contribution in [0.5, 0.6) is 0 Å². The molecule has 0 saturated heterocycles. The zero-order valence-electron chi connectivity index (χ0n) is 12.0. The van der Waals surface area contributed by atoms with Crippen molar-refractivity contribution in [3.63, 3.8) is 0 Å². The molecule has 2 aromatic rings. The van der Waals surface area contributed by atoms with E-state index < -0.39 is 32.7 Å². The molecule has 1 N–H and O–H groups in total. The second-order valence-electron chi connectivity index (χ2n) is 4.60. The molecule has 0 aliphatic rings. The molecule has 2 rings (SSSR count). The third-order valence-electron chi connectivity index (χ3n) is 3.00. The molecule has 1 heterocycles. The molecule has 0 aliphatic heterocycles. The highest BCUT2D eigenvalue weighted by molar-refractivity contribution is 7.89. The number of methoxy groups -OCH3 is 1. The summed E-state index contributed by atoms with van der Waals surface area (Å²) in [5.74, 6) is -1.83. The van der Waals surface area contributed by atoms with E-state index in [0.29, 0.717) is 6.07 Å². The molecule has 0 amide bonds. The Balaban J connectivity index is 2.16. The van der Waals surface area contributed by atoms with Crippen molar-refractivity contribution >= 4 is 21.4 Å². The summed E-state index contributed by atoms with van der Waals surface area (Å²) in [6.07, 6.45) is -0.495. The van der Waals surface area contributed by atoms with E-state index >= 15 is 0 Å². The van der Waals surface area contributed by atoms with Crippen molar-refractivity contribution in [3.05, 3.63) is 51.7 Å². The Labute approximate surface area is 131 Å². The Kier molecular flexibility index (Phi) is 5.28. The number of aryl methyl sites for hydroxylation is 1. The van der Waals surface area contributed by atoms with Crippen molar-refractivity contribution in [2.75, 3.05) is 13.7 Å². The molecule has 0 fully saturated rings. The van der Waals surface area contributed by atoms with Gasteiger partial charge in [0.15, 0.2) is 0 Å². The van der Waals surface area contributed by atoms with Gasteiger partial charge in [0.1, 0.15) is 22.6 Å². The minimum absolute atomic E-state index is 0.0747. The number of benzene rings is 1. The summed E-state index contributed by atoms with van der Waals surface area (Å²) in [5.41, 5.74) is 0. The van der Waals surface area contributed by atoms with E-state index in [-0.39, 0.29) is 6.54 Å². The number of nitrogens with one attached hydrogen (secondary N) is 1. The SMILES string of the molecule is COC(CNS(=O)(=O)c1cc(F)ccc1F)c1ccc(C)s1. The quantitative estimate of drug-likeness (QED) is 0.874. The van der Waals surface area contributed by atoms with Gasteiger partial charge in [0.2, 0.25) is 10.0 Å². The van der Waals surface area contributed by atoms with E-state index in [1.807, 2.05) is 19.1 Å². The topological polar surface area (TPSA) is 55.4 Å². The Bertz CT molecular complexity index is 759. The number of halogens is 2. The Morgan fingerprint density at radius 3 is 2.59 bits per heavy atom. The largest absolute Gasteiger partial charge is 0.375 e. The van der Waals surface area contributed by atoms with Gasteiger partial charge >= 0.3 is 0 Å². The molecule has 0 radical (unpaired) electrons. The van der Waals surface area contributed by atoms with Crippen LogP contribution >= 0.6 is 11.3 Å². The lowest BCUT2D eigenvalue weighted by Crippen LogP contribution is -2.29. The van der Waals surface area contributed by atoms with Gasteiger partial charge in [0.05, 0.1) is 0 Å². The van der Waals surface area contributed by atoms with Gasteiger partial charge in [-0.2, -0.15) is 0 Å².